The number of amides is 1. The molecule has 0 spiro atoms. The molecule has 0 unspecified atom stereocenters. The van der Waals surface area contributed by atoms with Crippen molar-refractivity contribution in [3.8, 4) is 16.2 Å². The predicted molar refractivity (Wildman–Crippen MR) is 118 cm³/mol. The molecule has 0 saturated heterocycles. The number of rotatable bonds is 8. The number of benzene rings is 1. The fourth-order valence-electron chi connectivity index (χ4n) is 2.83. The number of thiophene rings is 2. The smallest absolute Gasteiger partial charge is 0.341 e. The molecule has 7 heteroatoms. The zero-order valence-corrected chi connectivity index (χ0v) is 18.2. The maximum absolute atomic E-state index is 12.4. The summed E-state index contributed by atoms with van der Waals surface area (Å²) in [6.45, 7) is 4.47. The molecule has 5 nitrogen and oxygen atoms in total. The highest BCUT2D eigenvalue weighted by Crippen LogP contribution is 2.38. The van der Waals surface area contributed by atoms with Crippen LogP contribution in [0, 0.1) is 13.8 Å². The van der Waals surface area contributed by atoms with Gasteiger partial charge in [0.25, 0.3) is 0 Å². The largest absolute Gasteiger partial charge is 0.493 e. The summed E-state index contributed by atoms with van der Waals surface area (Å²) in [6.07, 6.45) is 0.883. The van der Waals surface area contributed by atoms with Crippen LogP contribution < -0.4 is 10.1 Å². The highest BCUT2D eigenvalue weighted by Gasteiger charge is 2.22. The average molecular weight is 430 g/mol. The highest BCUT2D eigenvalue weighted by atomic mass is 32.1. The van der Waals surface area contributed by atoms with Gasteiger partial charge in [0.15, 0.2) is 0 Å². The lowest BCUT2D eigenvalue weighted by Crippen LogP contribution is -2.15. The first kappa shape index (κ1) is 21.1. The summed E-state index contributed by atoms with van der Waals surface area (Å²) >= 11 is 2.87. The van der Waals surface area contributed by atoms with E-state index in [0.717, 1.165) is 27.3 Å². The molecule has 2 aromatic heterocycles. The normalized spacial score (nSPS) is 10.6. The van der Waals surface area contributed by atoms with Gasteiger partial charge in [0, 0.05) is 22.2 Å². The Morgan fingerprint density at radius 3 is 2.69 bits per heavy atom. The van der Waals surface area contributed by atoms with Crippen molar-refractivity contribution < 1.29 is 19.1 Å². The molecule has 2 heterocycles. The molecule has 152 valence electrons. The monoisotopic (exact) mass is 429 g/mol. The van der Waals surface area contributed by atoms with Crippen molar-refractivity contribution in [1.82, 2.24) is 0 Å². The van der Waals surface area contributed by atoms with Crippen LogP contribution in [0.15, 0.2) is 41.1 Å². The van der Waals surface area contributed by atoms with Gasteiger partial charge in [-0.2, -0.15) is 0 Å². The molecule has 29 heavy (non-hydrogen) atoms. The lowest BCUT2D eigenvalue weighted by Gasteiger charge is -2.10. The molecule has 1 aromatic carbocycles. The molecule has 0 saturated carbocycles. The van der Waals surface area contributed by atoms with Gasteiger partial charge in [0.1, 0.15) is 16.3 Å². The molecule has 0 fully saturated rings. The molecule has 1 amide bonds. The third-order valence-corrected chi connectivity index (χ3v) is 6.17. The van der Waals surface area contributed by atoms with E-state index in [1.165, 1.54) is 29.8 Å². The number of methoxy groups -OCH3 is 1. The van der Waals surface area contributed by atoms with Crippen LogP contribution in [0.4, 0.5) is 5.00 Å². The van der Waals surface area contributed by atoms with Crippen LogP contribution >= 0.6 is 22.7 Å². The molecule has 0 radical (unpaired) electrons. The van der Waals surface area contributed by atoms with E-state index in [4.69, 9.17) is 9.47 Å². The van der Waals surface area contributed by atoms with Gasteiger partial charge in [-0.15, -0.1) is 22.7 Å². The minimum atomic E-state index is -0.455. The van der Waals surface area contributed by atoms with Crippen LogP contribution in [0.5, 0.6) is 5.75 Å². The summed E-state index contributed by atoms with van der Waals surface area (Å²) in [5.41, 5.74) is 3.39. The van der Waals surface area contributed by atoms with Crippen LogP contribution in [-0.2, 0) is 9.53 Å². The van der Waals surface area contributed by atoms with Crippen molar-refractivity contribution in [2.45, 2.75) is 26.7 Å². The topological polar surface area (TPSA) is 64.6 Å². The molecule has 0 aliphatic carbocycles. The van der Waals surface area contributed by atoms with Gasteiger partial charge in [0.05, 0.1) is 13.7 Å². The van der Waals surface area contributed by atoms with Crippen molar-refractivity contribution >= 4 is 39.6 Å². The molecule has 0 atom stereocenters. The first-order valence-corrected chi connectivity index (χ1v) is 11.0. The molecule has 1 N–H and O–H groups in total. The third kappa shape index (κ3) is 5.25. The van der Waals surface area contributed by atoms with E-state index in [-0.39, 0.29) is 5.91 Å². The van der Waals surface area contributed by atoms with Crippen LogP contribution in [0.2, 0.25) is 0 Å². The quantitative estimate of drug-likeness (QED) is 0.370. The van der Waals surface area contributed by atoms with Crippen LogP contribution in [0.25, 0.3) is 10.4 Å². The number of aryl methyl sites for hydroxylation is 2. The Labute approximate surface area is 178 Å². The SMILES string of the molecule is COC(=O)c1c(-c2cccs2)csc1NC(=O)CCCOc1cc(C)ccc1C. The number of hydrogen-bond donors (Lipinski definition) is 1. The molecule has 3 aromatic rings. The lowest BCUT2D eigenvalue weighted by atomic mass is 10.1. The number of carbonyl (C=O) groups excluding carboxylic acids is 2. The fourth-order valence-corrected chi connectivity index (χ4v) is 4.62. The van der Waals surface area contributed by atoms with Gasteiger partial charge in [-0.25, -0.2) is 4.79 Å². The average Bonchev–Trinajstić information content (AvgIpc) is 3.37. The van der Waals surface area contributed by atoms with E-state index in [1.807, 2.05) is 54.9 Å². The molecule has 0 aliphatic rings. The van der Waals surface area contributed by atoms with Gasteiger partial charge in [-0.05, 0) is 48.9 Å². The van der Waals surface area contributed by atoms with Crippen molar-refractivity contribution in [3.05, 3.63) is 57.8 Å². The number of anilines is 1. The second-order valence-corrected chi connectivity index (χ2v) is 8.42. The van der Waals surface area contributed by atoms with Crippen molar-refractivity contribution in [3.63, 3.8) is 0 Å². The Hall–Kier alpha value is -2.64. The zero-order valence-electron chi connectivity index (χ0n) is 16.6. The van der Waals surface area contributed by atoms with E-state index >= 15 is 0 Å². The standard InChI is InChI=1S/C22H23NO4S2/c1-14-8-9-15(2)17(12-14)27-10-4-7-19(24)23-21-20(22(25)26-3)16(13-29-21)18-6-5-11-28-18/h5-6,8-9,11-13H,4,7,10H2,1-3H3,(H,23,24). The minimum Gasteiger partial charge on any atom is -0.493 e. The van der Waals surface area contributed by atoms with Crippen LogP contribution in [0.3, 0.4) is 0 Å². The highest BCUT2D eigenvalue weighted by molar-refractivity contribution is 7.17. The summed E-state index contributed by atoms with van der Waals surface area (Å²) < 4.78 is 10.7. The number of hydrogen-bond acceptors (Lipinski definition) is 6. The van der Waals surface area contributed by atoms with Gasteiger partial charge in [-0.3, -0.25) is 4.79 Å². The summed E-state index contributed by atoms with van der Waals surface area (Å²) in [5, 5.41) is 7.19. The fraction of sp³-hybridized carbons (Fsp3) is 0.273. The van der Waals surface area contributed by atoms with Crippen LogP contribution in [0.1, 0.15) is 34.3 Å². The molecular formula is C22H23NO4S2. The third-order valence-electron chi connectivity index (χ3n) is 4.37. The van der Waals surface area contributed by atoms with Gasteiger partial charge < -0.3 is 14.8 Å². The Kier molecular flexibility index (Phi) is 7.06. The van der Waals surface area contributed by atoms with E-state index in [1.54, 1.807) is 0 Å². The lowest BCUT2D eigenvalue weighted by molar-refractivity contribution is -0.116. The summed E-state index contributed by atoms with van der Waals surface area (Å²) in [5.74, 6) is 0.236. The van der Waals surface area contributed by atoms with E-state index in [0.29, 0.717) is 30.0 Å². The number of carbonyl (C=O) groups is 2. The maximum Gasteiger partial charge on any atom is 0.341 e. The second-order valence-electron chi connectivity index (χ2n) is 6.59. The number of ether oxygens (including phenoxy) is 2. The summed E-state index contributed by atoms with van der Waals surface area (Å²) in [7, 11) is 1.34. The Morgan fingerprint density at radius 2 is 1.97 bits per heavy atom. The molecule has 3 rings (SSSR count). The van der Waals surface area contributed by atoms with Crippen molar-refractivity contribution in [2.24, 2.45) is 0 Å². The minimum absolute atomic E-state index is 0.153. The van der Waals surface area contributed by atoms with Crippen molar-refractivity contribution in [2.75, 3.05) is 19.0 Å². The Bertz CT molecular complexity index is 992. The second kappa shape index (κ2) is 9.71. The first-order valence-electron chi connectivity index (χ1n) is 9.23. The first-order chi connectivity index (χ1) is 14.0. The number of nitrogens with one attached hydrogen (secondary N) is 1. The molecular weight excluding hydrogens is 406 g/mol. The van der Waals surface area contributed by atoms with E-state index in [9.17, 15) is 9.59 Å². The zero-order chi connectivity index (χ0) is 20.8. The molecule has 0 aliphatic heterocycles. The Morgan fingerprint density at radius 1 is 1.14 bits per heavy atom. The maximum atomic E-state index is 12.4. The van der Waals surface area contributed by atoms with E-state index in [2.05, 4.69) is 5.32 Å². The van der Waals surface area contributed by atoms with E-state index < -0.39 is 5.97 Å². The van der Waals surface area contributed by atoms with Crippen molar-refractivity contribution in [1.29, 1.82) is 0 Å². The summed E-state index contributed by atoms with van der Waals surface area (Å²) in [4.78, 5) is 25.6. The van der Waals surface area contributed by atoms with Gasteiger partial charge in [-0.1, -0.05) is 18.2 Å². The number of esters is 1. The Balaban J connectivity index is 1.59. The van der Waals surface area contributed by atoms with Gasteiger partial charge in [0.2, 0.25) is 5.91 Å². The summed E-state index contributed by atoms with van der Waals surface area (Å²) in [6, 6.07) is 9.92. The van der Waals surface area contributed by atoms with Gasteiger partial charge >= 0.3 is 5.97 Å². The van der Waals surface area contributed by atoms with Crippen LogP contribution in [-0.4, -0.2) is 25.6 Å². The molecule has 0 bridgehead atoms. The predicted octanol–water partition coefficient (Wildman–Crippen LogP) is 5.68.